The molecule has 2 aromatic heterocycles. The molecule has 0 aliphatic rings. The van der Waals surface area contributed by atoms with Crippen molar-refractivity contribution in [2.75, 3.05) is 0 Å². The van der Waals surface area contributed by atoms with E-state index in [0.29, 0.717) is 5.41 Å². The van der Waals surface area contributed by atoms with E-state index in [1.807, 2.05) is 42.6 Å². The monoisotopic (exact) mass is 809 g/mol. The Morgan fingerprint density at radius 2 is 1.28 bits per heavy atom. The second-order valence-electron chi connectivity index (χ2n) is 14.1. The molecule has 4 aromatic carbocycles. The van der Waals surface area contributed by atoms with Crippen LogP contribution >= 0.6 is 0 Å². The summed E-state index contributed by atoms with van der Waals surface area (Å²) in [7, 11) is -1.49. The SMILES string of the molecule is CC(C)(C)Cc1ccnc(-c2[c-]cccc2)c1.C[Si](C)(C)c1cnc(-c2[c-]ccc(-c3ccccc3)c2)cc1Cc1ccccc1.[Ir]. The quantitative estimate of drug-likeness (QED) is 0.119. The predicted octanol–water partition coefficient (Wildman–Crippen LogP) is 10.5. The van der Waals surface area contributed by atoms with Crippen LogP contribution in [-0.2, 0) is 32.9 Å². The molecule has 0 unspecified atom stereocenters. The molecule has 1 radical (unpaired) electrons. The third-order valence-electron chi connectivity index (χ3n) is 7.76. The van der Waals surface area contributed by atoms with Gasteiger partial charge in [0.05, 0.1) is 8.07 Å². The summed E-state index contributed by atoms with van der Waals surface area (Å²) in [6, 6.07) is 48.6. The van der Waals surface area contributed by atoms with E-state index in [9.17, 15) is 0 Å². The van der Waals surface area contributed by atoms with Gasteiger partial charge in [-0.2, -0.15) is 0 Å². The van der Waals surface area contributed by atoms with Crippen molar-refractivity contribution in [1.29, 1.82) is 0 Å². The van der Waals surface area contributed by atoms with E-state index in [-0.39, 0.29) is 20.1 Å². The van der Waals surface area contributed by atoms with Gasteiger partial charge in [0.1, 0.15) is 0 Å². The van der Waals surface area contributed by atoms with Gasteiger partial charge < -0.3 is 9.97 Å². The first-order valence-corrected chi connectivity index (χ1v) is 19.6. The molecule has 0 fully saturated rings. The second kappa shape index (κ2) is 16.2. The summed E-state index contributed by atoms with van der Waals surface area (Å²) in [5, 5.41) is 1.43. The van der Waals surface area contributed by atoms with Crippen LogP contribution in [0.2, 0.25) is 19.6 Å². The van der Waals surface area contributed by atoms with Gasteiger partial charge in [-0.3, -0.25) is 0 Å². The third kappa shape index (κ3) is 10.5. The Labute approximate surface area is 296 Å². The number of hydrogen-bond acceptors (Lipinski definition) is 2. The fourth-order valence-corrected chi connectivity index (χ4v) is 7.18. The molecule has 0 saturated carbocycles. The Hall–Kier alpha value is -3.95. The van der Waals surface area contributed by atoms with Crippen molar-refractivity contribution in [3.63, 3.8) is 0 Å². The van der Waals surface area contributed by atoms with Gasteiger partial charge in [0.25, 0.3) is 0 Å². The van der Waals surface area contributed by atoms with E-state index >= 15 is 0 Å². The molecule has 6 rings (SSSR count). The minimum absolute atomic E-state index is 0. The first-order chi connectivity index (χ1) is 22.0. The summed E-state index contributed by atoms with van der Waals surface area (Å²) >= 11 is 0. The van der Waals surface area contributed by atoms with E-state index in [4.69, 9.17) is 4.98 Å². The van der Waals surface area contributed by atoms with E-state index < -0.39 is 8.07 Å². The van der Waals surface area contributed by atoms with Gasteiger partial charge in [-0.1, -0.05) is 124 Å². The summed E-state index contributed by atoms with van der Waals surface area (Å²) in [5.41, 5.74) is 10.9. The molecule has 241 valence electrons. The maximum Gasteiger partial charge on any atom is 0.0799 e. The Kier molecular flexibility index (Phi) is 12.4. The molecule has 0 aliphatic heterocycles. The zero-order chi connectivity index (χ0) is 32.6. The van der Waals surface area contributed by atoms with Crippen molar-refractivity contribution in [1.82, 2.24) is 9.97 Å². The molecule has 0 atom stereocenters. The van der Waals surface area contributed by atoms with Crippen LogP contribution in [0.15, 0.2) is 134 Å². The molecule has 2 nitrogen and oxygen atoms in total. The molecule has 0 bridgehead atoms. The molecule has 47 heavy (non-hydrogen) atoms. The van der Waals surface area contributed by atoms with Crippen molar-refractivity contribution in [3.05, 3.63) is 163 Å². The van der Waals surface area contributed by atoms with E-state index in [1.165, 1.54) is 33.0 Å². The van der Waals surface area contributed by atoms with Gasteiger partial charge >= 0.3 is 0 Å². The predicted molar refractivity (Wildman–Crippen MR) is 198 cm³/mol. The molecule has 0 amide bonds. The number of aromatic nitrogens is 2. The Bertz CT molecular complexity index is 1840. The molecule has 0 N–H and O–H groups in total. The van der Waals surface area contributed by atoms with Crippen molar-refractivity contribution < 1.29 is 20.1 Å². The van der Waals surface area contributed by atoms with Crippen LogP contribution in [0.5, 0.6) is 0 Å². The van der Waals surface area contributed by atoms with E-state index in [1.54, 1.807) is 0 Å². The van der Waals surface area contributed by atoms with Gasteiger partial charge in [-0.05, 0) is 52.0 Å². The number of pyridine rings is 2. The summed E-state index contributed by atoms with van der Waals surface area (Å²) in [5.74, 6) is 0. The molecular weight excluding hydrogens is 765 g/mol. The Balaban J connectivity index is 0.000000238. The standard InChI is InChI=1S/C27H26NSi.C16H18N.Ir/c1-29(2,3)27-20-28-26(19-25(27)17-21-11-6-4-7-12-21)24-16-10-15-23(18-24)22-13-8-5-9-14-22;1-16(2,3)12-13-9-10-17-15(11-13)14-7-5-4-6-8-14;/h4-15,18-20H,17H2,1-3H3;4-7,9-11H,12H2,1-3H3;/q2*-1;. The normalized spacial score (nSPS) is 11.2. The van der Waals surface area contributed by atoms with Crippen LogP contribution in [0.1, 0.15) is 37.5 Å². The smallest absolute Gasteiger partial charge is 0.0799 e. The third-order valence-corrected chi connectivity index (χ3v) is 9.83. The van der Waals surface area contributed by atoms with Crippen LogP contribution in [0.3, 0.4) is 0 Å². The fraction of sp³-hybridized carbons (Fsp3) is 0.209. The van der Waals surface area contributed by atoms with Gasteiger partial charge in [0, 0.05) is 32.5 Å². The minimum atomic E-state index is -1.49. The molecule has 0 spiro atoms. The molecule has 6 aromatic rings. The summed E-state index contributed by atoms with van der Waals surface area (Å²) < 4.78 is 0. The molecule has 2 heterocycles. The first kappa shape index (κ1) is 35.9. The van der Waals surface area contributed by atoms with Crippen molar-refractivity contribution in [2.24, 2.45) is 5.41 Å². The van der Waals surface area contributed by atoms with Gasteiger partial charge in [-0.25, -0.2) is 0 Å². The first-order valence-electron chi connectivity index (χ1n) is 16.1. The largest absolute Gasteiger partial charge is 0.305 e. The van der Waals surface area contributed by atoms with E-state index in [2.05, 4.69) is 149 Å². The Morgan fingerprint density at radius 1 is 0.617 bits per heavy atom. The molecular formula is C43H44IrN2Si-2. The van der Waals surface area contributed by atoms with Gasteiger partial charge in [0.15, 0.2) is 0 Å². The van der Waals surface area contributed by atoms with Crippen molar-refractivity contribution >= 4 is 13.3 Å². The summed E-state index contributed by atoms with van der Waals surface area (Å²) in [6.07, 6.45) is 6.00. The Morgan fingerprint density at radius 3 is 1.94 bits per heavy atom. The molecule has 0 aliphatic carbocycles. The number of rotatable bonds is 7. The zero-order valence-corrected chi connectivity index (χ0v) is 31.7. The zero-order valence-electron chi connectivity index (χ0n) is 28.3. The van der Waals surface area contributed by atoms with Crippen LogP contribution in [0.25, 0.3) is 33.6 Å². The average Bonchev–Trinajstić information content (AvgIpc) is 3.05. The summed E-state index contributed by atoms with van der Waals surface area (Å²) in [4.78, 5) is 9.26. The maximum absolute atomic E-state index is 4.86. The maximum atomic E-state index is 4.86. The number of hydrogen-bond donors (Lipinski definition) is 0. The second-order valence-corrected chi connectivity index (χ2v) is 19.1. The molecule has 0 saturated heterocycles. The van der Waals surface area contributed by atoms with Crippen LogP contribution in [0.4, 0.5) is 0 Å². The average molecular weight is 809 g/mol. The minimum Gasteiger partial charge on any atom is -0.305 e. The summed E-state index contributed by atoms with van der Waals surface area (Å²) in [6.45, 7) is 13.9. The number of benzene rings is 4. The van der Waals surface area contributed by atoms with Crippen molar-refractivity contribution in [2.45, 2.75) is 53.3 Å². The number of nitrogens with zero attached hydrogens (tertiary/aromatic N) is 2. The fourth-order valence-electron chi connectivity index (χ4n) is 5.60. The van der Waals surface area contributed by atoms with Crippen molar-refractivity contribution in [3.8, 4) is 33.6 Å². The van der Waals surface area contributed by atoms with Crippen LogP contribution < -0.4 is 5.19 Å². The van der Waals surface area contributed by atoms with Crippen LogP contribution in [0, 0.1) is 17.5 Å². The van der Waals surface area contributed by atoms with E-state index in [0.717, 1.165) is 35.4 Å². The van der Waals surface area contributed by atoms with Gasteiger partial charge in [0.2, 0.25) is 0 Å². The van der Waals surface area contributed by atoms with Crippen LogP contribution in [-0.4, -0.2) is 18.0 Å². The topological polar surface area (TPSA) is 25.8 Å². The molecule has 4 heteroatoms. The van der Waals surface area contributed by atoms with Gasteiger partial charge in [-0.15, -0.1) is 71.3 Å².